The smallest absolute Gasteiger partial charge is 0.0737 e. The molecule has 0 saturated heterocycles. The van der Waals surface area contributed by atoms with Gasteiger partial charge in [0.05, 0.1) is 11.7 Å². The van der Waals surface area contributed by atoms with Crippen LogP contribution in [0, 0.1) is 0 Å². The predicted molar refractivity (Wildman–Crippen MR) is 60.6 cm³/mol. The normalized spacial score (nSPS) is 29.6. The second-order valence-electron chi connectivity index (χ2n) is 5.58. The summed E-state index contributed by atoms with van der Waals surface area (Å²) in [6.45, 7) is 6.44. The van der Waals surface area contributed by atoms with Crippen LogP contribution in [0.4, 0.5) is 0 Å². The zero-order valence-corrected chi connectivity index (χ0v) is 10.3. The maximum Gasteiger partial charge on any atom is 0.0737 e. The SMILES string of the molecule is CN(C)C1CCCCC1OC(C)(C)C. The molecule has 2 heteroatoms. The first kappa shape index (κ1) is 12.0. The van der Waals surface area contributed by atoms with Crippen LogP contribution in [0.3, 0.4) is 0 Å². The molecular weight excluding hydrogens is 174 g/mol. The summed E-state index contributed by atoms with van der Waals surface area (Å²) < 4.78 is 6.11. The van der Waals surface area contributed by atoms with Crippen LogP contribution in [0.25, 0.3) is 0 Å². The number of hydrogen-bond acceptors (Lipinski definition) is 2. The van der Waals surface area contributed by atoms with Gasteiger partial charge in [-0.25, -0.2) is 0 Å². The van der Waals surface area contributed by atoms with Crippen LogP contribution in [0.2, 0.25) is 0 Å². The van der Waals surface area contributed by atoms with E-state index in [1.165, 1.54) is 25.7 Å². The molecule has 0 spiro atoms. The largest absolute Gasteiger partial charge is 0.371 e. The van der Waals surface area contributed by atoms with Gasteiger partial charge in [-0.1, -0.05) is 12.8 Å². The highest BCUT2D eigenvalue weighted by Gasteiger charge is 2.30. The predicted octanol–water partition coefficient (Wildman–Crippen LogP) is 2.67. The van der Waals surface area contributed by atoms with Gasteiger partial charge in [0.15, 0.2) is 0 Å². The number of likely N-dealkylation sites (N-methyl/N-ethyl adjacent to an activating group) is 1. The van der Waals surface area contributed by atoms with Crippen LogP contribution < -0.4 is 0 Å². The van der Waals surface area contributed by atoms with Crippen molar-refractivity contribution in [1.29, 1.82) is 0 Å². The fourth-order valence-electron chi connectivity index (χ4n) is 2.26. The van der Waals surface area contributed by atoms with Crippen LogP contribution in [-0.2, 0) is 4.74 Å². The topological polar surface area (TPSA) is 12.5 Å². The lowest BCUT2D eigenvalue weighted by Gasteiger charge is -2.39. The minimum absolute atomic E-state index is 0.00370. The molecule has 1 rings (SSSR count). The van der Waals surface area contributed by atoms with E-state index in [1.807, 2.05) is 0 Å². The molecule has 0 bridgehead atoms. The number of hydrogen-bond donors (Lipinski definition) is 0. The third kappa shape index (κ3) is 3.58. The van der Waals surface area contributed by atoms with Crippen molar-refractivity contribution in [2.24, 2.45) is 0 Å². The van der Waals surface area contributed by atoms with Gasteiger partial charge in [-0.3, -0.25) is 0 Å². The number of ether oxygens (including phenoxy) is 1. The molecule has 84 valence electrons. The van der Waals surface area contributed by atoms with Crippen LogP contribution in [0.1, 0.15) is 46.5 Å². The van der Waals surface area contributed by atoms with Crippen molar-refractivity contribution in [3.05, 3.63) is 0 Å². The minimum Gasteiger partial charge on any atom is -0.371 e. The Hall–Kier alpha value is -0.0800. The molecule has 0 aliphatic heterocycles. The van der Waals surface area contributed by atoms with Crippen LogP contribution in [0.5, 0.6) is 0 Å². The Kier molecular flexibility index (Phi) is 3.96. The molecule has 0 aromatic carbocycles. The van der Waals surface area contributed by atoms with Gasteiger partial charge in [-0.2, -0.15) is 0 Å². The zero-order valence-electron chi connectivity index (χ0n) is 10.3. The maximum absolute atomic E-state index is 6.11. The van der Waals surface area contributed by atoms with Crippen LogP contribution in [-0.4, -0.2) is 36.7 Å². The van der Waals surface area contributed by atoms with Gasteiger partial charge in [0.2, 0.25) is 0 Å². The highest BCUT2D eigenvalue weighted by atomic mass is 16.5. The molecule has 1 aliphatic carbocycles. The third-order valence-corrected chi connectivity index (χ3v) is 2.84. The Morgan fingerprint density at radius 3 is 2.14 bits per heavy atom. The van der Waals surface area contributed by atoms with Crippen LogP contribution >= 0.6 is 0 Å². The van der Waals surface area contributed by atoms with Gasteiger partial charge in [0.25, 0.3) is 0 Å². The molecule has 0 heterocycles. The summed E-state index contributed by atoms with van der Waals surface area (Å²) in [5.74, 6) is 0. The monoisotopic (exact) mass is 199 g/mol. The fourth-order valence-corrected chi connectivity index (χ4v) is 2.26. The van der Waals surface area contributed by atoms with E-state index in [-0.39, 0.29) is 5.60 Å². The Morgan fingerprint density at radius 2 is 1.64 bits per heavy atom. The molecule has 14 heavy (non-hydrogen) atoms. The zero-order chi connectivity index (χ0) is 10.8. The molecule has 2 atom stereocenters. The minimum atomic E-state index is -0.00370. The van der Waals surface area contributed by atoms with E-state index in [1.54, 1.807) is 0 Å². The van der Waals surface area contributed by atoms with E-state index in [0.717, 1.165) is 0 Å². The van der Waals surface area contributed by atoms with Gasteiger partial charge in [-0.15, -0.1) is 0 Å². The average Bonchev–Trinajstić information content (AvgIpc) is 2.01. The lowest BCUT2D eigenvalue weighted by atomic mass is 9.91. The van der Waals surface area contributed by atoms with E-state index in [4.69, 9.17) is 4.74 Å². The summed E-state index contributed by atoms with van der Waals surface area (Å²) in [5, 5.41) is 0. The summed E-state index contributed by atoms with van der Waals surface area (Å²) in [7, 11) is 4.32. The van der Waals surface area contributed by atoms with E-state index in [9.17, 15) is 0 Å². The highest BCUT2D eigenvalue weighted by Crippen LogP contribution is 2.27. The van der Waals surface area contributed by atoms with Gasteiger partial charge < -0.3 is 9.64 Å². The first-order valence-electron chi connectivity index (χ1n) is 5.74. The molecule has 0 aromatic heterocycles. The van der Waals surface area contributed by atoms with Gasteiger partial charge in [0.1, 0.15) is 0 Å². The van der Waals surface area contributed by atoms with Gasteiger partial charge in [0, 0.05) is 6.04 Å². The molecular formula is C12H25NO. The summed E-state index contributed by atoms with van der Waals surface area (Å²) in [6, 6.07) is 0.614. The first-order chi connectivity index (χ1) is 6.40. The Balaban J connectivity index is 2.54. The quantitative estimate of drug-likeness (QED) is 0.678. The van der Waals surface area contributed by atoms with E-state index >= 15 is 0 Å². The van der Waals surface area contributed by atoms with E-state index in [2.05, 4.69) is 39.8 Å². The molecule has 0 N–H and O–H groups in total. The molecule has 1 saturated carbocycles. The molecule has 1 aliphatic rings. The third-order valence-electron chi connectivity index (χ3n) is 2.84. The van der Waals surface area contributed by atoms with Crippen molar-refractivity contribution in [1.82, 2.24) is 4.90 Å². The Morgan fingerprint density at radius 1 is 1.07 bits per heavy atom. The lowest BCUT2D eigenvalue weighted by molar-refractivity contribution is -0.103. The Labute approximate surface area is 88.6 Å². The van der Waals surface area contributed by atoms with Crippen molar-refractivity contribution in [2.45, 2.75) is 64.2 Å². The maximum atomic E-state index is 6.11. The second-order valence-corrected chi connectivity index (χ2v) is 5.58. The molecule has 0 radical (unpaired) electrons. The van der Waals surface area contributed by atoms with Crippen LogP contribution in [0.15, 0.2) is 0 Å². The molecule has 2 nitrogen and oxygen atoms in total. The molecule has 1 fully saturated rings. The van der Waals surface area contributed by atoms with Crippen molar-refractivity contribution < 1.29 is 4.74 Å². The highest BCUT2D eigenvalue weighted by molar-refractivity contribution is 4.83. The van der Waals surface area contributed by atoms with E-state index in [0.29, 0.717) is 12.1 Å². The fraction of sp³-hybridized carbons (Fsp3) is 1.00. The van der Waals surface area contributed by atoms with Crippen molar-refractivity contribution in [3.63, 3.8) is 0 Å². The molecule has 0 aromatic rings. The second kappa shape index (κ2) is 4.63. The van der Waals surface area contributed by atoms with Gasteiger partial charge >= 0.3 is 0 Å². The number of nitrogens with zero attached hydrogens (tertiary/aromatic N) is 1. The first-order valence-corrected chi connectivity index (χ1v) is 5.74. The molecule has 2 unspecified atom stereocenters. The summed E-state index contributed by atoms with van der Waals surface area (Å²) in [5.41, 5.74) is -0.00370. The van der Waals surface area contributed by atoms with Gasteiger partial charge in [-0.05, 0) is 47.7 Å². The number of rotatable bonds is 2. The Bertz CT molecular complexity index is 172. The summed E-state index contributed by atoms with van der Waals surface area (Å²) >= 11 is 0. The van der Waals surface area contributed by atoms with Crippen molar-refractivity contribution >= 4 is 0 Å². The lowest BCUT2D eigenvalue weighted by Crippen LogP contribution is -2.45. The van der Waals surface area contributed by atoms with Crippen molar-refractivity contribution in [2.75, 3.05) is 14.1 Å². The summed E-state index contributed by atoms with van der Waals surface area (Å²) in [4.78, 5) is 2.32. The van der Waals surface area contributed by atoms with E-state index < -0.39 is 0 Å². The molecule has 0 amide bonds. The summed E-state index contributed by atoms with van der Waals surface area (Å²) in [6.07, 6.45) is 5.62. The standard InChI is InChI=1S/C12H25NO/c1-12(2,3)14-11-9-7-6-8-10(11)13(4)5/h10-11H,6-9H2,1-5H3. The average molecular weight is 199 g/mol. The van der Waals surface area contributed by atoms with Crippen molar-refractivity contribution in [3.8, 4) is 0 Å².